The number of hydrogen-bond donors (Lipinski definition) is 3. The number of hydrazone groups is 1. The first-order valence-corrected chi connectivity index (χ1v) is 5.90. The van der Waals surface area contributed by atoms with Crippen molar-refractivity contribution in [1.82, 2.24) is 10.7 Å². The summed E-state index contributed by atoms with van der Waals surface area (Å²) in [5.41, 5.74) is 3.58. The first-order chi connectivity index (χ1) is 8.61. The molecule has 1 atom stereocenters. The maximum atomic E-state index is 9.12. The molecule has 0 unspecified atom stereocenters. The van der Waals surface area contributed by atoms with Gasteiger partial charge in [0.15, 0.2) is 5.11 Å². The molecule has 0 amide bonds. The summed E-state index contributed by atoms with van der Waals surface area (Å²) in [6, 6.07) is 6.82. The Morgan fingerprint density at radius 1 is 1.50 bits per heavy atom. The van der Waals surface area contributed by atoms with Crippen LogP contribution in [-0.2, 0) is 4.74 Å². The number of hydrogen-bond acceptors (Lipinski definition) is 4. The molecule has 1 rings (SSSR count). The Kier molecular flexibility index (Phi) is 6.10. The molecule has 98 valence electrons. The van der Waals surface area contributed by atoms with Gasteiger partial charge in [-0.2, -0.15) is 5.10 Å². The molecule has 5 nitrogen and oxygen atoms in total. The molecule has 18 heavy (non-hydrogen) atoms. The van der Waals surface area contributed by atoms with Crippen molar-refractivity contribution in [2.24, 2.45) is 5.10 Å². The smallest absolute Gasteiger partial charge is 0.187 e. The van der Waals surface area contributed by atoms with Crippen LogP contribution < -0.4 is 10.7 Å². The number of rotatable bonds is 5. The third-order valence-corrected chi connectivity index (χ3v) is 2.28. The summed E-state index contributed by atoms with van der Waals surface area (Å²) in [6.45, 7) is 2.53. The first kappa shape index (κ1) is 14.4. The van der Waals surface area contributed by atoms with Crippen molar-refractivity contribution in [3.8, 4) is 5.75 Å². The van der Waals surface area contributed by atoms with Crippen LogP contribution in [0.15, 0.2) is 29.4 Å². The van der Waals surface area contributed by atoms with E-state index < -0.39 is 0 Å². The highest BCUT2D eigenvalue weighted by Gasteiger charge is 2.01. The van der Waals surface area contributed by atoms with Gasteiger partial charge >= 0.3 is 0 Å². The Morgan fingerprint density at radius 2 is 2.17 bits per heavy atom. The average Bonchev–Trinajstić information content (AvgIpc) is 2.32. The van der Waals surface area contributed by atoms with Gasteiger partial charge in [-0.3, -0.25) is 5.43 Å². The molecule has 0 saturated carbocycles. The zero-order chi connectivity index (χ0) is 13.4. The summed E-state index contributed by atoms with van der Waals surface area (Å²) in [7, 11) is 1.64. The van der Waals surface area contributed by atoms with Gasteiger partial charge in [-0.15, -0.1) is 0 Å². The minimum Gasteiger partial charge on any atom is -0.508 e. The molecule has 1 aromatic rings. The maximum absolute atomic E-state index is 9.12. The third kappa shape index (κ3) is 5.60. The Balaban J connectivity index is 2.35. The molecule has 3 N–H and O–H groups in total. The lowest BCUT2D eigenvalue weighted by molar-refractivity contribution is 0.179. The Labute approximate surface area is 112 Å². The van der Waals surface area contributed by atoms with Crippen LogP contribution >= 0.6 is 12.2 Å². The van der Waals surface area contributed by atoms with E-state index in [1.165, 1.54) is 0 Å². The predicted octanol–water partition coefficient (Wildman–Crippen LogP) is 1.23. The number of benzene rings is 1. The van der Waals surface area contributed by atoms with Gasteiger partial charge in [0.25, 0.3) is 0 Å². The van der Waals surface area contributed by atoms with E-state index in [1.54, 1.807) is 37.6 Å². The van der Waals surface area contributed by atoms with E-state index in [4.69, 9.17) is 22.1 Å². The van der Waals surface area contributed by atoms with E-state index >= 15 is 0 Å². The minimum absolute atomic E-state index is 0.124. The molecule has 0 aliphatic carbocycles. The van der Waals surface area contributed by atoms with E-state index in [0.29, 0.717) is 11.7 Å². The molecular weight excluding hydrogens is 250 g/mol. The summed E-state index contributed by atoms with van der Waals surface area (Å²) in [4.78, 5) is 0. The molecule has 0 aromatic heterocycles. The Morgan fingerprint density at radius 3 is 2.78 bits per heavy atom. The zero-order valence-corrected chi connectivity index (χ0v) is 11.2. The molecule has 0 fully saturated rings. The summed E-state index contributed by atoms with van der Waals surface area (Å²) >= 11 is 5.05. The van der Waals surface area contributed by atoms with E-state index in [1.807, 2.05) is 6.92 Å². The quantitative estimate of drug-likeness (QED) is 0.425. The lowest BCUT2D eigenvalue weighted by atomic mass is 10.2. The number of phenolic OH excluding ortho intramolecular Hbond substituents is 1. The van der Waals surface area contributed by atoms with Gasteiger partial charge in [0, 0.05) is 13.2 Å². The highest BCUT2D eigenvalue weighted by atomic mass is 32.1. The second kappa shape index (κ2) is 7.62. The van der Waals surface area contributed by atoms with Crippen LogP contribution in [0.5, 0.6) is 5.75 Å². The van der Waals surface area contributed by atoms with Gasteiger partial charge in [-0.1, -0.05) is 0 Å². The molecule has 0 saturated heterocycles. The minimum atomic E-state index is 0.124. The van der Waals surface area contributed by atoms with Crippen molar-refractivity contribution in [3.05, 3.63) is 29.8 Å². The second-order valence-corrected chi connectivity index (χ2v) is 4.20. The summed E-state index contributed by atoms with van der Waals surface area (Å²) < 4.78 is 4.98. The average molecular weight is 267 g/mol. The molecule has 0 radical (unpaired) electrons. The molecule has 0 bridgehead atoms. The Bertz CT molecular complexity index is 406. The van der Waals surface area contributed by atoms with Crippen molar-refractivity contribution in [2.75, 3.05) is 13.7 Å². The molecule has 0 heterocycles. The van der Waals surface area contributed by atoms with Gasteiger partial charge in [-0.25, -0.2) is 0 Å². The standard InChI is InChI=1S/C12H17N3O2S/c1-9(8-17-2)14-12(18)15-13-7-10-3-5-11(16)6-4-10/h3-7,9,16H,8H2,1-2H3,(H2,14,15,18)/b13-7+/t9-/m0/s1. The van der Waals surface area contributed by atoms with E-state index in [0.717, 1.165) is 5.56 Å². The topological polar surface area (TPSA) is 65.9 Å². The highest BCUT2D eigenvalue weighted by molar-refractivity contribution is 7.80. The van der Waals surface area contributed by atoms with Crippen molar-refractivity contribution in [3.63, 3.8) is 0 Å². The number of nitrogens with zero attached hydrogens (tertiary/aromatic N) is 1. The number of aromatic hydroxyl groups is 1. The number of nitrogens with one attached hydrogen (secondary N) is 2. The van der Waals surface area contributed by atoms with Gasteiger partial charge in [0.05, 0.1) is 12.8 Å². The monoisotopic (exact) mass is 267 g/mol. The number of thiocarbonyl (C=S) groups is 1. The predicted molar refractivity (Wildman–Crippen MR) is 75.9 cm³/mol. The van der Waals surface area contributed by atoms with E-state index in [-0.39, 0.29) is 11.8 Å². The van der Waals surface area contributed by atoms with Crippen LogP contribution in [0.4, 0.5) is 0 Å². The van der Waals surface area contributed by atoms with Crippen molar-refractivity contribution < 1.29 is 9.84 Å². The first-order valence-electron chi connectivity index (χ1n) is 5.49. The molecule has 0 spiro atoms. The second-order valence-electron chi connectivity index (χ2n) is 3.79. The van der Waals surface area contributed by atoms with Crippen LogP contribution in [0.2, 0.25) is 0 Å². The van der Waals surface area contributed by atoms with Crippen LogP contribution in [0.3, 0.4) is 0 Å². The Hall–Kier alpha value is -1.66. The zero-order valence-electron chi connectivity index (χ0n) is 10.4. The van der Waals surface area contributed by atoms with Crippen molar-refractivity contribution in [2.45, 2.75) is 13.0 Å². The van der Waals surface area contributed by atoms with Crippen molar-refractivity contribution >= 4 is 23.5 Å². The lowest BCUT2D eigenvalue weighted by Crippen LogP contribution is -2.40. The van der Waals surface area contributed by atoms with Crippen molar-refractivity contribution in [1.29, 1.82) is 0 Å². The van der Waals surface area contributed by atoms with Crippen LogP contribution in [-0.4, -0.2) is 36.2 Å². The number of methoxy groups -OCH3 is 1. The SMILES string of the molecule is COC[C@H](C)NC(=S)N/N=C/c1ccc(O)cc1. The van der Waals surface area contributed by atoms with E-state index in [9.17, 15) is 0 Å². The fourth-order valence-corrected chi connectivity index (χ4v) is 1.53. The van der Waals surface area contributed by atoms with Gasteiger partial charge in [-0.05, 0) is 49.0 Å². The normalized spacial score (nSPS) is 12.3. The molecule has 0 aliphatic rings. The van der Waals surface area contributed by atoms with E-state index in [2.05, 4.69) is 15.8 Å². The van der Waals surface area contributed by atoms with Crippen LogP contribution in [0.25, 0.3) is 0 Å². The fourth-order valence-electron chi connectivity index (χ4n) is 1.27. The highest BCUT2D eigenvalue weighted by Crippen LogP contribution is 2.07. The van der Waals surface area contributed by atoms with Gasteiger partial charge in [0.2, 0.25) is 0 Å². The largest absolute Gasteiger partial charge is 0.508 e. The summed E-state index contributed by atoms with van der Waals surface area (Å²) in [5, 5.41) is 16.6. The lowest BCUT2D eigenvalue weighted by Gasteiger charge is -2.13. The summed E-state index contributed by atoms with van der Waals surface area (Å²) in [5.74, 6) is 0.227. The van der Waals surface area contributed by atoms with Gasteiger partial charge < -0.3 is 15.2 Å². The number of ether oxygens (including phenoxy) is 1. The number of phenols is 1. The van der Waals surface area contributed by atoms with Gasteiger partial charge in [0.1, 0.15) is 5.75 Å². The van der Waals surface area contributed by atoms with Crippen LogP contribution in [0, 0.1) is 0 Å². The summed E-state index contributed by atoms with van der Waals surface area (Å²) in [6.07, 6.45) is 1.62. The molecule has 6 heteroatoms. The molecule has 1 aromatic carbocycles. The maximum Gasteiger partial charge on any atom is 0.187 e. The fraction of sp³-hybridized carbons (Fsp3) is 0.333. The third-order valence-electron chi connectivity index (χ3n) is 2.07. The molecule has 0 aliphatic heterocycles. The molecular formula is C12H17N3O2S. The van der Waals surface area contributed by atoms with Crippen LogP contribution in [0.1, 0.15) is 12.5 Å².